The Balaban J connectivity index is 1.69. The standard InChI is InChI=1S/C20H17BrN2O3/c1-26-19-10-13(6-9-18(19)24)12-22-23-20(25)11-14-7-8-17(21)16-5-3-2-4-15(14)16/h2-10,12,24H,11H2,1H3,(H,23,25)/b22-12-. The van der Waals surface area contributed by atoms with E-state index >= 15 is 0 Å². The molecule has 0 aliphatic carbocycles. The van der Waals surface area contributed by atoms with E-state index in [4.69, 9.17) is 4.74 Å². The lowest BCUT2D eigenvalue weighted by molar-refractivity contribution is -0.120. The maximum atomic E-state index is 12.2. The second-order valence-corrected chi connectivity index (χ2v) is 6.51. The highest BCUT2D eigenvalue weighted by Crippen LogP contribution is 2.27. The highest BCUT2D eigenvalue weighted by Gasteiger charge is 2.08. The van der Waals surface area contributed by atoms with E-state index in [1.54, 1.807) is 12.1 Å². The van der Waals surface area contributed by atoms with Crippen molar-refractivity contribution in [1.82, 2.24) is 5.43 Å². The molecular weight excluding hydrogens is 396 g/mol. The number of ether oxygens (including phenoxy) is 1. The first-order valence-electron chi connectivity index (χ1n) is 7.93. The monoisotopic (exact) mass is 412 g/mol. The van der Waals surface area contributed by atoms with Gasteiger partial charge < -0.3 is 9.84 Å². The molecular formula is C20H17BrN2O3. The third-order valence-corrected chi connectivity index (χ3v) is 4.61. The number of hydrogen-bond acceptors (Lipinski definition) is 4. The molecule has 0 aliphatic heterocycles. The third-order valence-electron chi connectivity index (χ3n) is 3.92. The van der Waals surface area contributed by atoms with Gasteiger partial charge in [-0.15, -0.1) is 0 Å². The van der Waals surface area contributed by atoms with Gasteiger partial charge in [-0.3, -0.25) is 4.79 Å². The summed E-state index contributed by atoms with van der Waals surface area (Å²) in [7, 11) is 1.47. The molecule has 0 unspecified atom stereocenters. The number of halogens is 1. The molecule has 5 nitrogen and oxygen atoms in total. The van der Waals surface area contributed by atoms with Crippen LogP contribution in [0.5, 0.6) is 11.5 Å². The Morgan fingerprint density at radius 1 is 1.19 bits per heavy atom. The molecule has 0 fully saturated rings. The van der Waals surface area contributed by atoms with Gasteiger partial charge in [0.25, 0.3) is 0 Å². The summed E-state index contributed by atoms with van der Waals surface area (Å²) >= 11 is 3.53. The van der Waals surface area contributed by atoms with Crippen LogP contribution in [0.15, 0.2) is 64.2 Å². The van der Waals surface area contributed by atoms with E-state index < -0.39 is 0 Å². The average Bonchev–Trinajstić information content (AvgIpc) is 2.65. The van der Waals surface area contributed by atoms with E-state index in [-0.39, 0.29) is 18.1 Å². The van der Waals surface area contributed by atoms with Crippen LogP contribution in [-0.2, 0) is 11.2 Å². The van der Waals surface area contributed by atoms with Gasteiger partial charge in [0.2, 0.25) is 5.91 Å². The zero-order chi connectivity index (χ0) is 18.5. The topological polar surface area (TPSA) is 70.9 Å². The molecule has 6 heteroatoms. The van der Waals surface area contributed by atoms with Gasteiger partial charge in [0.05, 0.1) is 19.7 Å². The largest absolute Gasteiger partial charge is 0.504 e. The molecule has 0 radical (unpaired) electrons. The number of phenolic OH excluding ortho intramolecular Hbond substituents is 1. The molecule has 3 aromatic carbocycles. The molecule has 0 aliphatic rings. The van der Waals surface area contributed by atoms with Gasteiger partial charge in [0.15, 0.2) is 11.5 Å². The Bertz CT molecular complexity index is 986. The summed E-state index contributed by atoms with van der Waals surface area (Å²) < 4.78 is 6.04. The Kier molecular flexibility index (Phi) is 5.53. The minimum Gasteiger partial charge on any atom is -0.504 e. The second kappa shape index (κ2) is 8.01. The van der Waals surface area contributed by atoms with Crippen LogP contribution in [0, 0.1) is 0 Å². The molecule has 0 heterocycles. The van der Waals surface area contributed by atoms with Crippen molar-refractivity contribution in [1.29, 1.82) is 0 Å². The van der Waals surface area contributed by atoms with Crippen molar-refractivity contribution in [2.75, 3.05) is 7.11 Å². The molecule has 3 rings (SSSR count). The lowest BCUT2D eigenvalue weighted by Crippen LogP contribution is -2.19. The first-order chi connectivity index (χ1) is 12.6. The van der Waals surface area contributed by atoms with Crippen molar-refractivity contribution in [2.24, 2.45) is 5.10 Å². The fraction of sp³-hybridized carbons (Fsp3) is 0.100. The smallest absolute Gasteiger partial charge is 0.244 e. The first kappa shape index (κ1) is 17.9. The summed E-state index contributed by atoms with van der Waals surface area (Å²) in [6.45, 7) is 0. The van der Waals surface area contributed by atoms with Crippen molar-refractivity contribution in [2.45, 2.75) is 6.42 Å². The number of benzene rings is 3. The minimum absolute atomic E-state index is 0.0517. The highest BCUT2D eigenvalue weighted by molar-refractivity contribution is 9.10. The number of nitrogens with zero attached hydrogens (tertiary/aromatic N) is 1. The predicted molar refractivity (Wildman–Crippen MR) is 106 cm³/mol. The number of aromatic hydroxyl groups is 1. The molecule has 26 heavy (non-hydrogen) atoms. The normalized spacial score (nSPS) is 11.0. The molecule has 0 bridgehead atoms. The minimum atomic E-state index is -0.209. The molecule has 1 amide bonds. The number of carbonyl (C=O) groups excluding carboxylic acids is 1. The molecule has 132 valence electrons. The van der Waals surface area contributed by atoms with Crippen LogP contribution in [0.3, 0.4) is 0 Å². The summed E-state index contributed by atoms with van der Waals surface area (Å²) in [6.07, 6.45) is 1.73. The Hall–Kier alpha value is -2.86. The van der Waals surface area contributed by atoms with E-state index in [1.807, 2.05) is 36.4 Å². The summed E-state index contributed by atoms with van der Waals surface area (Å²) in [6, 6.07) is 16.6. The number of carbonyl (C=O) groups is 1. The zero-order valence-electron chi connectivity index (χ0n) is 14.1. The molecule has 0 aromatic heterocycles. The van der Waals surface area contributed by atoms with E-state index in [9.17, 15) is 9.90 Å². The fourth-order valence-corrected chi connectivity index (χ4v) is 3.12. The number of rotatable bonds is 5. The van der Waals surface area contributed by atoms with Crippen molar-refractivity contribution in [3.8, 4) is 11.5 Å². The molecule has 2 N–H and O–H groups in total. The lowest BCUT2D eigenvalue weighted by atomic mass is 10.0. The van der Waals surface area contributed by atoms with Crippen molar-refractivity contribution >= 4 is 38.8 Å². The summed E-state index contributed by atoms with van der Waals surface area (Å²) in [5, 5.41) is 15.6. The maximum absolute atomic E-state index is 12.2. The quantitative estimate of drug-likeness (QED) is 0.491. The Morgan fingerprint density at radius 3 is 2.73 bits per heavy atom. The summed E-state index contributed by atoms with van der Waals surface area (Å²) in [5.41, 5.74) is 4.16. The van der Waals surface area contributed by atoms with Crippen LogP contribution in [-0.4, -0.2) is 24.3 Å². The zero-order valence-corrected chi connectivity index (χ0v) is 15.7. The van der Waals surface area contributed by atoms with Crippen molar-refractivity contribution in [3.63, 3.8) is 0 Å². The molecule has 0 spiro atoms. The number of fused-ring (bicyclic) bond motifs is 1. The SMILES string of the molecule is COc1cc(/C=N\NC(=O)Cc2ccc(Br)c3ccccc23)ccc1O. The van der Waals surface area contributed by atoms with Crippen molar-refractivity contribution < 1.29 is 14.6 Å². The van der Waals surface area contributed by atoms with Gasteiger partial charge in [0.1, 0.15) is 0 Å². The second-order valence-electron chi connectivity index (χ2n) is 5.65. The number of phenols is 1. The third kappa shape index (κ3) is 4.03. The van der Waals surface area contributed by atoms with Crippen LogP contribution < -0.4 is 10.2 Å². The van der Waals surface area contributed by atoms with Gasteiger partial charge in [0, 0.05) is 4.47 Å². The van der Waals surface area contributed by atoms with Gasteiger partial charge in [-0.2, -0.15) is 5.10 Å². The van der Waals surface area contributed by atoms with Crippen LogP contribution in [0.25, 0.3) is 10.8 Å². The van der Waals surface area contributed by atoms with Crippen molar-refractivity contribution in [3.05, 3.63) is 70.2 Å². The number of methoxy groups -OCH3 is 1. The van der Waals surface area contributed by atoms with Crippen LogP contribution in [0.4, 0.5) is 0 Å². The Labute approximate surface area is 159 Å². The number of nitrogens with one attached hydrogen (secondary N) is 1. The van der Waals surface area contributed by atoms with E-state index in [0.717, 1.165) is 20.8 Å². The van der Waals surface area contributed by atoms with Crippen LogP contribution in [0.1, 0.15) is 11.1 Å². The van der Waals surface area contributed by atoms with Gasteiger partial charge in [-0.05, 0) is 46.2 Å². The Morgan fingerprint density at radius 2 is 1.96 bits per heavy atom. The number of hydrazone groups is 1. The fourth-order valence-electron chi connectivity index (χ4n) is 2.64. The van der Waals surface area contributed by atoms with Gasteiger partial charge in [-0.25, -0.2) is 5.43 Å². The molecule has 0 atom stereocenters. The first-order valence-corrected chi connectivity index (χ1v) is 8.73. The summed E-state index contributed by atoms with van der Waals surface area (Å²) in [5.74, 6) is 0.192. The predicted octanol–water partition coefficient (Wildman–Crippen LogP) is 4.01. The van der Waals surface area contributed by atoms with E-state index in [2.05, 4.69) is 26.5 Å². The highest BCUT2D eigenvalue weighted by atomic mass is 79.9. The van der Waals surface area contributed by atoms with Crippen LogP contribution >= 0.6 is 15.9 Å². The number of hydrogen-bond donors (Lipinski definition) is 2. The van der Waals surface area contributed by atoms with E-state index in [0.29, 0.717) is 11.3 Å². The molecule has 0 saturated heterocycles. The number of amides is 1. The molecule has 3 aromatic rings. The van der Waals surface area contributed by atoms with Gasteiger partial charge in [-0.1, -0.05) is 46.3 Å². The molecule has 0 saturated carbocycles. The van der Waals surface area contributed by atoms with Crippen LogP contribution in [0.2, 0.25) is 0 Å². The maximum Gasteiger partial charge on any atom is 0.244 e. The van der Waals surface area contributed by atoms with E-state index in [1.165, 1.54) is 19.4 Å². The summed E-state index contributed by atoms with van der Waals surface area (Å²) in [4.78, 5) is 12.2. The average molecular weight is 413 g/mol. The van der Waals surface area contributed by atoms with Gasteiger partial charge >= 0.3 is 0 Å². The lowest BCUT2D eigenvalue weighted by Gasteiger charge is -2.07.